The molecule has 1 aliphatic carbocycles. The molecule has 3 nitrogen and oxygen atoms in total. The lowest BCUT2D eigenvalue weighted by molar-refractivity contribution is -0.105. The van der Waals surface area contributed by atoms with E-state index in [9.17, 15) is 0 Å². The number of ether oxygens (including phenoxy) is 3. The van der Waals surface area contributed by atoms with Gasteiger partial charge < -0.3 is 14.2 Å². The Morgan fingerprint density at radius 3 is 3.07 bits per heavy atom. The molecule has 0 saturated carbocycles. The lowest BCUT2D eigenvalue weighted by Gasteiger charge is -2.23. The van der Waals surface area contributed by atoms with Crippen molar-refractivity contribution in [1.82, 2.24) is 0 Å². The van der Waals surface area contributed by atoms with Crippen molar-refractivity contribution in [2.45, 2.75) is 31.7 Å². The standard InChI is InChI=1S/C11H18O3/c1-12-7-10-8-13-11(14-10)9-5-3-2-4-6-9/h2-3,9-11H,4-8H2,1H3/t9-,10+,11+/m0/s1. The summed E-state index contributed by atoms with van der Waals surface area (Å²) in [6.07, 6.45) is 8.02. The first-order chi connectivity index (χ1) is 6.90. The molecule has 2 aliphatic rings. The van der Waals surface area contributed by atoms with Crippen LogP contribution in [0.3, 0.4) is 0 Å². The molecular weight excluding hydrogens is 180 g/mol. The summed E-state index contributed by atoms with van der Waals surface area (Å²) in [7, 11) is 1.69. The first kappa shape index (κ1) is 10.1. The lowest BCUT2D eigenvalue weighted by atomic mass is 9.94. The summed E-state index contributed by atoms with van der Waals surface area (Å²) < 4.78 is 16.4. The van der Waals surface area contributed by atoms with Crippen LogP contribution in [0.2, 0.25) is 0 Å². The Balaban J connectivity index is 1.79. The van der Waals surface area contributed by atoms with Gasteiger partial charge in [0, 0.05) is 13.0 Å². The second-order valence-corrected chi connectivity index (χ2v) is 3.96. The molecule has 14 heavy (non-hydrogen) atoms. The molecule has 0 spiro atoms. The maximum atomic E-state index is 5.76. The number of rotatable bonds is 3. The minimum absolute atomic E-state index is 0.0000926. The molecule has 1 aliphatic heterocycles. The maximum absolute atomic E-state index is 5.76. The van der Waals surface area contributed by atoms with Gasteiger partial charge in [0.05, 0.1) is 13.2 Å². The van der Waals surface area contributed by atoms with Crippen molar-refractivity contribution in [3.63, 3.8) is 0 Å². The third kappa shape index (κ3) is 2.35. The van der Waals surface area contributed by atoms with Crippen LogP contribution in [0.5, 0.6) is 0 Å². The number of allylic oxidation sites excluding steroid dienone is 2. The van der Waals surface area contributed by atoms with E-state index in [1.165, 1.54) is 6.42 Å². The van der Waals surface area contributed by atoms with Crippen LogP contribution in [0.25, 0.3) is 0 Å². The monoisotopic (exact) mass is 198 g/mol. The Labute approximate surface area is 85.0 Å². The smallest absolute Gasteiger partial charge is 0.161 e. The fourth-order valence-electron chi connectivity index (χ4n) is 2.06. The molecule has 0 aromatic carbocycles. The maximum Gasteiger partial charge on any atom is 0.161 e. The minimum atomic E-state index is 0.0000926. The largest absolute Gasteiger partial charge is 0.382 e. The Morgan fingerprint density at radius 1 is 1.43 bits per heavy atom. The van der Waals surface area contributed by atoms with E-state index in [0.29, 0.717) is 19.1 Å². The normalized spacial score (nSPS) is 37.6. The predicted molar refractivity (Wildman–Crippen MR) is 53.0 cm³/mol. The zero-order chi connectivity index (χ0) is 9.80. The van der Waals surface area contributed by atoms with Gasteiger partial charge in [-0.2, -0.15) is 0 Å². The number of hydrogen-bond donors (Lipinski definition) is 0. The number of methoxy groups -OCH3 is 1. The molecule has 1 fully saturated rings. The molecule has 1 heterocycles. The fourth-order valence-corrected chi connectivity index (χ4v) is 2.06. The Hall–Kier alpha value is -0.380. The third-order valence-electron chi connectivity index (χ3n) is 2.82. The molecular formula is C11H18O3. The summed E-state index contributed by atoms with van der Waals surface area (Å²) in [4.78, 5) is 0. The molecule has 3 atom stereocenters. The molecule has 0 aromatic heterocycles. The average Bonchev–Trinajstić information content (AvgIpc) is 2.68. The predicted octanol–water partition coefficient (Wildman–Crippen LogP) is 1.73. The van der Waals surface area contributed by atoms with Crippen molar-refractivity contribution in [2.75, 3.05) is 20.3 Å². The van der Waals surface area contributed by atoms with Gasteiger partial charge in [-0.25, -0.2) is 0 Å². The van der Waals surface area contributed by atoms with E-state index in [1.807, 2.05) is 0 Å². The second-order valence-electron chi connectivity index (χ2n) is 3.96. The topological polar surface area (TPSA) is 27.7 Å². The summed E-state index contributed by atoms with van der Waals surface area (Å²) in [5.41, 5.74) is 0. The molecule has 0 bridgehead atoms. The summed E-state index contributed by atoms with van der Waals surface area (Å²) in [5.74, 6) is 0.543. The fraction of sp³-hybridized carbons (Fsp3) is 0.818. The zero-order valence-corrected chi connectivity index (χ0v) is 8.65. The van der Waals surface area contributed by atoms with Crippen LogP contribution in [0.4, 0.5) is 0 Å². The first-order valence-corrected chi connectivity index (χ1v) is 5.31. The molecule has 0 unspecified atom stereocenters. The minimum Gasteiger partial charge on any atom is -0.382 e. The van der Waals surface area contributed by atoms with E-state index in [2.05, 4.69) is 12.2 Å². The van der Waals surface area contributed by atoms with Gasteiger partial charge in [0.2, 0.25) is 0 Å². The highest BCUT2D eigenvalue weighted by Crippen LogP contribution is 2.28. The van der Waals surface area contributed by atoms with Gasteiger partial charge in [-0.1, -0.05) is 12.2 Å². The molecule has 80 valence electrons. The summed E-state index contributed by atoms with van der Waals surface area (Å²) in [6.45, 7) is 1.32. The molecule has 0 N–H and O–H groups in total. The van der Waals surface area contributed by atoms with E-state index in [0.717, 1.165) is 12.8 Å². The van der Waals surface area contributed by atoms with Crippen LogP contribution in [-0.4, -0.2) is 32.7 Å². The van der Waals surface area contributed by atoms with Gasteiger partial charge in [0.25, 0.3) is 0 Å². The van der Waals surface area contributed by atoms with Crippen molar-refractivity contribution < 1.29 is 14.2 Å². The van der Waals surface area contributed by atoms with Crippen LogP contribution in [0.15, 0.2) is 12.2 Å². The highest BCUT2D eigenvalue weighted by Gasteiger charge is 2.32. The van der Waals surface area contributed by atoms with Gasteiger partial charge in [-0.3, -0.25) is 0 Å². The molecule has 0 amide bonds. The Morgan fingerprint density at radius 2 is 2.36 bits per heavy atom. The highest BCUT2D eigenvalue weighted by atomic mass is 16.7. The lowest BCUT2D eigenvalue weighted by Crippen LogP contribution is -2.24. The summed E-state index contributed by atoms with van der Waals surface area (Å²) >= 11 is 0. The average molecular weight is 198 g/mol. The van der Waals surface area contributed by atoms with E-state index in [1.54, 1.807) is 7.11 Å². The van der Waals surface area contributed by atoms with Crippen molar-refractivity contribution in [1.29, 1.82) is 0 Å². The van der Waals surface area contributed by atoms with Crippen LogP contribution < -0.4 is 0 Å². The third-order valence-corrected chi connectivity index (χ3v) is 2.82. The molecule has 1 saturated heterocycles. The molecule has 2 rings (SSSR count). The van der Waals surface area contributed by atoms with Crippen LogP contribution in [0, 0.1) is 5.92 Å². The van der Waals surface area contributed by atoms with Crippen molar-refractivity contribution >= 4 is 0 Å². The summed E-state index contributed by atoms with van der Waals surface area (Å²) in [6, 6.07) is 0. The van der Waals surface area contributed by atoms with Crippen LogP contribution >= 0.6 is 0 Å². The SMILES string of the molecule is COC[C@@H]1CO[C@@H]([C@H]2CC=CCC2)O1. The van der Waals surface area contributed by atoms with Crippen molar-refractivity contribution in [3.8, 4) is 0 Å². The second kappa shape index (κ2) is 4.91. The highest BCUT2D eigenvalue weighted by molar-refractivity contribution is 4.91. The van der Waals surface area contributed by atoms with Gasteiger partial charge in [-0.05, 0) is 19.3 Å². The van der Waals surface area contributed by atoms with Crippen LogP contribution in [-0.2, 0) is 14.2 Å². The van der Waals surface area contributed by atoms with Gasteiger partial charge in [0.1, 0.15) is 6.10 Å². The van der Waals surface area contributed by atoms with Crippen molar-refractivity contribution in [3.05, 3.63) is 12.2 Å². The van der Waals surface area contributed by atoms with Crippen molar-refractivity contribution in [2.24, 2.45) is 5.92 Å². The van der Waals surface area contributed by atoms with Gasteiger partial charge >= 0.3 is 0 Å². The van der Waals surface area contributed by atoms with Gasteiger partial charge in [0.15, 0.2) is 6.29 Å². The quantitative estimate of drug-likeness (QED) is 0.646. The molecule has 0 aromatic rings. The zero-order valence-electron chi connectivity index (χ0n) is 8.65. The van der Waals surface area contributed by atoms with E-state index in [-0.39, 0.29) is 12.4 Å². The number of hydrogen-bond acceptors (Lipinski definition) is 3. The summed E-state index contributed by atoms with van der Waals surface area (Å²) in [5, 5.41) is 0. The van der Waals surface area contributed by atoms with E-state index < -0.39 is 0 Å². The first-order valence-electron chi connectivity index (χ1n) is 5.31. The van der Waals surface area contributed by atoms with Crippen LogP contribution in [0.1, 0.15) is 19.3 Å². The molecule has 3 heteroatoms. The van der Waals surface area contributed by atoms with Gasteiger partial charge in [-0.15, -0.1) is 0 Å². The van der Waals surface area contributed by atoms with E-state index in [4.69, 9.17) is 14.2 Å². The Kier molecular flexibility index (Phi) is 3.56. The van der Waals surface area contributed by atoms with E-state index >= 15 is 0 Å². The Bertz CT molecular complexity index is 203. The molecule has 0 radical (unpaired) electrons.